The number of fused-ring (bicyclic) bond motifs is 2. The molecule has 0 spiro atoms. The van der Waals surface area contributed by atoms with Crippen LogP contribution >= 0.6 is 0 Å². The van der Waals surface area contributed by atoms with Crippen LogP contribution in [0.25, 0.3) is 0 Å². The van der Waals surface area contributed by atoms with E-state index in [9.17, 15) is 9.59 Å². The molecule has 1 aliphatic heterocycles. The molecule has 2 heterocycles. The van der Waals surface area contributed by atoms with Crippen LogP contribution in [0, 0.1) is 0 Å². The number of ether oxygens (including phenoxy) is 2. The maximum absolute atomic E-state index is 12.5. The van der Waals surface area contributed by atoms with Crippen molar-refractivity contribution in [3.05, 3.63) is 51.4 Å². The van der Waals surface area contributed by atoms with Crippen LogP contribution in [0.2, 0.25) is 0 Å². The topological polar surface area (TPSA) is 82.5 Å². The number of aryl methyl sites for hydroxylation is 2. The minimum absolute atomic E-state index is 0.0847. The van der Waals surface area contributed by atoms with E-state index in [4.69, 9.17) is 9.47 Å². The number of hydrogen-bond acceptors (Lipinski definition) is 5. The van der Waals surface area contributed by atoms with Gasteiger partial charge in [-0.15, -0.1) is 0 Å². The summed E-state index contributed by atoms with van der Waals surface area (Å²) >= 11 is 0. The fourth-order valence-corrected chi connectivity index (χ4v) is 3.91. The number of nitrogens with zero attached hydrogens (tertiary/aromatic N) is 2. The molecule has 2 aliphatic rings. The van der Waals surface area contributed by atoms with Crippen molar-refractivity contribution in [3.63, 3.8) is 0 Å². The molecular weight excluding hydrogens is 370 g/mol. The van der Waals surface area contributed by atoms with Crippen molar-refractivity contribution >= 4 is 5.91 Å². The first-order chi connectivity index (χ1) is 14.1. The van der Waals surface area contributed by atoms with Crippen LogP contribution in [-0.4, -0.2) is 28.5 Å². The zero-order valence-electron chi connectivity index (χ0n) is 16.8. The quantitative estimate of drug-likeness (QED) is 0.757. The van der Waals surface area contributed by atoms with Gasteiger partial charge in [0.05, 0.1) is 18.7 Å². The molecule has 1 N–H and O–H groups in total. The summed E-state index contributed by atoms with van der Waals surface area (Å²) in [5.41, 5.74) is 2.89. The van der Waals surface area contributed by atoms with Crippen molar-refractivity contribution in [1.82, 2.24) is 15.1 Å². The Balaban J connectivity index is 1.41. The second-order valence-corrected chi connectivity index (χ2v) is 7.73. The van der Waals surface area contributed by atoms with Gasteiger partial charge in [-0.2, -0.15) is 5.10 Å². The summed E-state index contributed by atoms with van der Waals surface area (Å²) in [7, 11) is 0. The second-order valence-electron chi connectivity index (χ2n) is 7.73. The molecule has 7 heteroatoms. The van der Waals surface area contributed by atoms with E-state index in [0.29, 0.717) is 18.0 Å². The smallest absolute Gasteiger partial charge is 0.267 e. The molecule has 1 aromatic heterocycles. The van der Waals surface area contributed by atoms with E-state index in [1.54, 1.807) is 6.07 Å². The molecule has 29 heavy (non-hydrogen) atoms. The highest BCUT2D eigenvalue weighted by Gasteiger charge is 2.18. The third-order valence-corrected chi connectivity index (χ3v) is 5.58. The van der Waals surface area contributed by atoms with Crippen LogP contribution in [0.3, 0.4) is 0 Å². The van der Waals surface area contributed by atoms with Gasteiger partial charge in [0.15, 0.2) is 11.5 Å². The highest BCUT2D eigenvalue weighted by Crippen LogP contribution is 2.32. The highest BCUT2D eigenvalue weighted by molar-refractivity contribution is 5.79. The number of hydrogen-bond donors (Lipinski definition) is 1. The van der Waals surface area contributed by atoms with E-state index in [0.717, 1.165) is 48.9 Å². The Kier molecular flexibility index (Phi) is 5.83. The first-order valence-corrected chi connectivity index (χ1v) is 10.4. The van der Waals surface area contributed by atoms with Crippen LogP contribution in [-0.2, 0) is 30.6 Å². The van der Waals surface area contributed by atoms with Gasteiger partial charge in [0.25, 0.3) is 5.56 Å². The Hall–Kier alpha value is -2.83. The van der Waals surface area contributed by atoms with Gasteiger partial charge < -0.3 is 14.8 Å². The van der Waals surface area contributed by atoms with Crippen molar-refractivity contribution in [1.29, 1.82) is 0 Å². The van der Waals surface area contributed by atoms with Crippen molar-refractivity contribution in [2.75, 3.05) is 6.79 Å². The Morgan fingerprint density at radius 3 is 2.86 bits per heavy atom. The zero-order valence-corrected chi connectivity index (χ0v) is 16.8. The first kappa shape index (κ1) is 19.5. The summed E-state index contributed by atoms with van der Waals surface area (Å²) in [6, 6.07) is 7.11. The van der Waals surface area contributed by atoms with Gasteiger partial charge >= 0.3 is 0 Å². The number of nitrogens with one attached hydrogen (secondary N) is 1. The van der Waals surface area contributed by atoms with Crippen LogP contribution in [0.1, 0.15) is 49.4 Å². The number of carbonyl (C=O) groups excluding carboxylic acids is 1. The minimum Gasteiger partial charge on any atom is -0.454 e. The third kappa shape index (κ3) is 4.60. The summed E-state index contributed by atoms with van der Waals surface area (Å²) in [4.78, 5) is 25.0. The van der Waals surface area contributed by atoms with Crippen LogP contribution < -0.4 is 20.3 Å². The predicted octanol–water partition coefficient (Wildman–Crippen LogP) is 2.38. The van der Waals surface area contributed by atoms with Gasteiger partial charge in [0, 0.05) is 12.1 Å². The molecule has 0 radical (unpaired) electrons. The van der Waals surface area contributed by atoms with E-state index in [2.05, 4.69) is 10.4 Å². The van der Waals surface area contributed by atoms with Crippen molar-refractivity contribution in [2.45, 2.75) is 64.5 Å². The van der Waals surface area contributed by atoms with Gasteiger partial charge in [-0.3, -0.25) is 9.59 Å². The minimum atomic E-state index is -0.148. The molecule has 154 valence electrons. The normalized spacial score (nSPS) is 16.0. The molecule has 0 bridgehead atoms. The lowest BCUT2D eigenvalue weighted by Gasteiger charge is -2.19. The predicted molar refractivity (Wildman–Crippen MR) is 108 cm³/mol. The van der Waals surface area contributed by atoms with Crippen molar-refractivity contribution in [2.24, 2.45) is 0 Å². The van der Waals surface area contributed by atoms with E-state index >= 15 is 0 Å². The summed E-state index contributed by atoms with van der Waals surface area (Å²) in [6.45, 7) is 2.60. The van der Waals surface area contributed by atoms with Gasteiger partial charge in [-0.25, -0.2) is 4.68 Å². The SMILES string of the molecule is CC[C@@H](Cn1nc2c(cc1=O)CCCCC2)NC(=O)Cc1ccc2c(c1)OCO2. The van der Waals surface area contributed by atoms with E-state index in [1.165, 1.54) is 11.1 Å². The Morgan fingerprint density at radius 1 is 1.17 bits per heavy atom. The first-order valence-electron chi connectivity index (χ1n) is 10.4. The largest absolute Gasteiger partial charge is 0.454 e. The number of rotatable bonds is 6. The van der Waals surface area contributed by atoms with Crippen LogP contribution in [0.15, 0.2) is 29.1 Å². The molecule has 7 nitrogen and oxygen atoms in total. The molecule has 1 aromatic carbocycles. The molecule has 1 aliphatic carbocycles. The summed E-state index contributed by atoms with van der Waals surface area (Å²) in [5.74, 6) is 1.29. The maximum atomic E-state index is 12.5. The Morgan fingerprint density at radius 2 is 2.00 bits per heavy atom. The van der Waals surface area contributed by atoms with Crippen LogP contribution in [0.5, 0.6) is 11.5 Å². The molecule has 1 amide bonds. The standard InChI is InChI=1S/C22H27N3O4/c1-2-17(13-25-22(27)12-16-6-4-3-5-7-18(16)24-25)23-21(26)11-15-8-9-19-20(10-15)29-14-28-19/h8-10,12,17H,2-7,11,13-14H2,1H3,(H,23,26)/t17-/m0/s1. The van der Waals surface area contributed by atoms with Crippen LogP contribution in [0.4, 0.5) is 0 Å². The summed E-state index contributed by atoms with van der Waals surface area (Å²) < 4.78 is 12.2. The number of carbonyl (C=O) groups is 1. The lowest BCUT2D eigenvalue weighted by molar-refractivity contribution is -0.121. The average molecular weight is 397 g/mol. The highest BCUT2D eigenvalue weighted by atomic mass is 16.7. The lowest BCUT2D eigenvalue weighted by Crippen LogP contribution is -2.41. The van der Waals surface area contributed by atoms with Crippen molar-refractivity contribution in [3.8, 4) is 11.5 Å². The van der Waals surface area contributed by atoms with Crippen molar-refractivity contribution < 1.29 is 14.3 Å². The monoisotopic (exact) mass is 397 g/mol. The Labute approximate surface area is 170 Å². The molecule has 0 saturated carbocycles. The fourth-order valence-electron chi connectivity index (χ4n) is 3.91. The Bertz CT molecular complexity index is 954. The van der Waals surface area contributed by atoms with Gasteiger partial charge in [-0.1, -0.05) is 19.4 Å². The summed E-state index contributed by atoms with van der Waals surface area (Å²) in [5, 5.41) is 7.65. The number of benzene rings is 1. The average Bonchev–Trinajstić information content (AvgIpc) is 3.06. The molecule has 0 saturated heterocycles. The van der Waals surface area contributed by atoms with E-state index < -0.39 is 0 Å². The second kappa shape index (κ2) is 8.68. The molecule has 2 aromatic rings. The van der Waals surface area contributed by atoms with Gasteiger partial charge in [-0.05, 0) is 55.4 Å². The lowest BCUT2D eigenvalue weighted by atomic mass is 10.1. The maximum Gasteiger partial charge on any atom is 0.267 e. The number of aromatic nitrogens is 2. The zero-order chi connectivity index (χ0) is 20.2. The third-order valence-electron chi connectivity index (χ3n) is 5.58. The molecular formula is C22H27N3O4. The van der Waals surface area contributed by atoms with E-state index in [1.807, 2.05) is 25.1 Å². The fraction of sp³-hybridized carbons (Fsp3) is 0.500. The van der Waals surface area contributed by atoms with E-state index in [-0.39, 0.29) is 30.7 Å². The number of amides is 1. The molecule has 4 rings (SSSR count). The van der Waals surface area contributed by atoms with Gasteiger partial charge in [0.1, 0.15) is 0 Å². The molecule has 1 atom stereocenters. The molecule has 0 fully saturated rings. The summed E-state index contributed by atoms with van der Waals surface area (Å²) in [6.07, 6.45) is 6.23. The van der Waals surface area contributed by atoms with Gasteiger partial charge in [0.2, 0.25) is 12.7 Å². The molecule has 0 unspecified atom stereocenters.